The third kappa shape index (κ3) is 3.11. The highest BCUT2D eigenvalue weighted by Crippen LogP contribution is 2.15. The maximum Gasteiger partial charge on any atom is 0.233 e. The van der Waals surface area contributed by atoms with Gasteiger partial charge in [-0.25, -0.2) is 0 Å². The van der Waals surface area contributed by atoms with E-state index in [4.69, 9.17) is 4.74 Å². The molecule has 18 heavy (non-hydrogen) atoms. The van der Waals surface area contributed by atoms with Crippen molar-refractivity contribution in [1.29, 1.82) is 0 Å². The topological polar surface area (TPSA) is 47.3 Å². The molecule has 0 aliphatic rings. The molecule has 0 atom stereocenters. The van der Waals surface area contributed by atoms with Crippen LogP contribution in [0.5, 0.6) is 5.88 Å². The summed E-state index contributed by atoms with van der Waals surface area (Å²) in [5.41, 5.74) is 1.90. The highest BCUT2D eigenvalue weighted by Gasteiger charge is 2.09. The minimum atomic E-state index is -0.0404. The van der Waals surface area contributed by atoms with Crippen molar-refractivity contribution in [2.24, 2.45) is 0 Å². The van der Waals surface area contributed by atoms with E-state index in [1.165, 1.54) is 0 Å². The Kier molecular flexibility index (Phi) is 3.99. The highest BCUT2D eigenvalue weighted by molar-refractivity contribution is 5.19. The normalized spacial score (nSPS) is 10.9. The molecule has 0 spiro atoms. The van der Waals surface area contributed by atoms with Crippen molar-refractivity contribution < 1.29 is 9.84 Å². The second-order valence-corrected chi connectivity index (χ2v) is 4.44. The van der Waals surface area contributed by atoms with Gasteiger partial charge in [-0.1, -0.05) is 30.3 Å². The van der Waals surface area contributed by atoms with Crippen molar-refractivity contribution in [2.75, 3.05) is 0 Å². The number of benzene rings is 1. The minimum absolute atomic E-state index is 0.0404. The number of aliphatic hydroxyl groups is 1. The zero-order valence-corrected chi connectivity index (χ0v) is 10.7. The zero-order chi connectivity index (χ0) is 13.0. The summed E-state index contributed by atoms with van der Waals surface area (Å²) in [6.07, 6.45) is 0.0802. The van der Waals surface area contributed by atoms with Crippen LogP contribution in [0.2, 0.25) is 0 Å². The fourth-order valence-corrected chi connectivity index (χ4v) is 1.75. The number of rotatable bonds is 5. The van der Waals surface area contributed by atoms with E-state index in [2.05, 4.69) is 5.10 Å². The van der Waals surface area contributed by atoms with Crippen LogP contribution in [0.25, 0.3) is 0 Å². The number of hydrogen-bond donors (Lipinski definition) is 1. The zero-order valence-electron chi connectivity index (χ0n) is 10.7. The first-order valence-electron chi connectivity index (χ1n) is 6.07. The molecule has 0 saturated carbocycles. The minimum Gasteiger partial charge on any atom is -0.474 e. The number of nitrogens with zero attached hydrogens (tertiary/aromatic N) is 2. The summed E-state index contributed by atoms with van der Waals surface area (Å²) in [6.45, 7) is 4.50. The molecule has 0 aliphatic carbocycles. The van der Waals surface area contributed by atoms with Gasteiger partial charge in [0.15, 0.2) is 0 Å². The molecule has 0 aliphatic heterocycles. The molecular formula is C14H18N2O2. The van der Waals surface area contributed by atoms with Crippen LogP contribution in [0.4, 0.5) is 0 Å². The van der Waals surface area contributed by atoms with E-state index in [-0.39, 0.29) is 12.7 Å². The summed E-state index contributed by atoms with van der Waals surface area (Å²) in [6, 6.07) is 11.8. The number of aromatic nitrogens is 2. The van der Waals surface area contributed by atoms with Gasteiger partial charge in [0.1, 0.15) is 0 Å². The SMILES string of the molecule is CC(C)Oc1cc(CO)n(Cc2ccccc2)n1. The second-order valence-electron chi connectivity index (χ2n) is 4.44. The molecule has 0 fully saturated rings. The lowest BCUT2D eigenvalue weighted by atomic mass is 10.2. The van der Waals surface area contributed by atoms with Crippen LogP contribution in [-0.2, 0) is 13.2 Å². The fraction of sp³-hybridized carbons (Fsp3) is 0.357. The monoisotopic (exact) mass is 246 g/mol. The standard InChI is InChI=1S/C14H18N2O2/c1-11(2)18-14-8-13(10-17)16(15-14)9-12-6-4-3-5-7-12/h3-8,11,17H,9-10H2,1-2H3. The molecule has 1 aromatic heterocycles. The summed E-state index contributed by atoms with van der Waals surface area (Å²) in [7, 11) is 0. The van der Waals surface area contributed by atoms with Gasteiger partial charge in [-0.05, 0) is 19.4 Å². The maximum atomic E-state index is 9.33. The molecule has 2 rings (SSSR count). The summed E-state index contributed by atoms with van der Waals surface area (Å²) in [4.78, 5) is 0. The third-order valence-corrected chi connectivity index (χ3v) is 2.53. The summed E-state index contributed by atoms with van der Waals surface area (Å²) in [5, 5.41) is 13.7. The van der Waals surface area contributed by atoms with Gasteiger partial charge >= 0.3 is 0 Å². The second kappa shape index (κ2) is 5.69. The lowest BCUT2D eigenvalue weighted by molar-refractivity contribution is 0.230. The quantitative estimate of drug-likeness (QED) is 0.880. The van der Waals surface area contributed by atoms with E-state index in [0.29, 0.717) is 12.4 Å². The van der Waals surface area contributed by atoms with Crippen LogP contribution in [0.15, 0.2) is 36.4 Å². The molecule has 0 amide bonds. The molecule has 0 unspecified atom stereocenters. The van der Waals surface area contributed by atoms with Crippen LogP contribution in [0.1, 0.15) is 25.1 Å². The number of hydrogen-bond acceptors (Lipinski definition) is 3. The van der Waals surface area contributed by atoms with Gasteiger partial charge < -0.3 is 9.84 Å². The van der Waals surface area contributed by atoms with Crippen LogP contribution < -0.4 is 4.74 Å². The van der Waals surface area contributed by atoms with Crippen LogP contribution in [0, 0.1) is 0 Å². The molecule has 2 aromatic rings. The van der Waals surface area contributed by atoms with Gasteiger partial charge in [0.05, 0.1) is 24.9 Å². The molecule has 0 saturated heterocycles. The van der Waals surface area contributed by atoms with Gasteiger partial charge in [-0.3, -0.25) is 4.68 Å². The van der Waals surface area contributed by atoms with E-state index < -0.39 is 0 Å². The Morgan fingerprint density at radius 1 is 1.28 bits per heavy atom. The number of aliphatic hydroxyl groups excluding tert-OH is 1. The van der Waals surface area contributed by atoms with E-state index in [1.807, 2.05) is 44.2 Å². The first-order valence-corrected chi connectivity index (χ1v) is 6.07. The predicted molar refractivity (Wildman–Crippen MR) is 69.5 cm³/mol. The Morgan fingerprint density at radius 3 is 2.61 bits per heavy atom. The highest BCUT2D eigenvalue weighted by atomic mass is 16.5. The van der Waals surface area contributed by atoms with Gasteiger partial charge in [0.25, 0.3) is 0 Å². The summed E-state index contributed by atoms with van der Waals surface area (Å²) in [5.74, 6) is 0.560. The van der Waals surface area contributed by atoms with Crippen molar-refractivity contribution in [2.45, 2.75) is 33.1 Å². The van der Waals surface area contributed by atoms with Gasteiger partial charge in [-0.2, -0.15) is 0 Å². The van der Waals surface area contributed by atoms with E-state index in [0.717, 1.165) is 11.3 Å². The Bertz CT molecular complexity index is 492. The summed E-state index contributed by atoms with van der Waals surface area (Å²) < 4.78 is 7.30. The van der Waals surface area contributed by atoms with Gasteiger partial charge in [0, 0.05) is 6.07 Å². The largest absolute Gasteiger partial charge is 0.474 e. The van der Waals surface area contributed by atoms with Gasteiger partial charge in [-0.15, -0.1) is 5.10 Å². The van der Waals surface area contributed by atoms with Gasteiger partial charge in [0.2, 0.25) is 5.88 Å². The lowest BCUT2D eigenvalue weighted by Crippen LogP contribution is -2.08. The van der Waals surface area contributed by atoms with Crippen LogP contribution in [0.3, 0.4) is 0 Å². The smallest absolute Gasteiger partial charge is 0.233 e. The number of ether oxygens (including phenoxy) is 1. The molecule has 1 aromatic carbocycles. The van der Waals surface area contributed by atoms with Crippen molar-refractivity contribution in [3.63, 3.8) is 0 Å². The molecule has 4 nitrogen and oxygen atoms in total. The Labute approximate surface area is 107 Å². The van der Waals surface area contributed by atoms with E-state index in [9.17, 15) is 5.11 Å². The Balaban J connectivity index is 2.19. The van der Waals surface area contributed by atoms with E-state index >= 15 is 0 Å². The van der Waals surface area contributed by atoms with Crippen molar-refractivity contribution in [1.82, 2.24) is 9.78 Å². The average molecular weight is 246 g/mol. The molecule has 96 valence electrons. The lowest BCUT2D eigenvalue weighted by Gasteiger charge is -2.06. The first kappa shape index (κ1) is 12.6. The predicted octanol–water partition coefficient (Wildman–Crippen LogP) is 2.21. The van der Waals surface area contributed by atoms with E-state index in [1.54, 1.807) is 10.7 Å². The fourth-order valence-electron chi connectivity index (χ4n) is 1.75. The first-order chi connectivity index (χ1) is 8.69. The average Bonchev–Trinajstić information content (AvgIpc) is 2.71. The molecule has 1 N–H and O–H groups in total. The molecular weight excluding hydrogens is 228 g/mol. The molecule has 0 radical (unpaired) electrons. The maximum absolute atomic E-state index is 9.33. The van der Waals surface area contributed by atoms with Crippen LogP contribution in [-0.4, -0.2) is 21.0 Å². The van der Waals surface area contributed by atoms with Crippen molar-refractivity contribution in [3.8, 4) is 5.88 Å². The van der Waals surface area contributed by atoms with Crippen LogP contribution >= 0.6 is 0 Å². The molecule has 4 heteroatoms. The Hall–Kier alpha value is -1.81. The Morgan fingerprint density at radius 2 is 2.00 bits per heavy atom. The molecule has 1 heterocycles. The molecule has 0 bridgehead atoms. The van der Waals surface area contributed by atoms with Crippen molar-refractivity contribution >= 4 is 0 Å². The summed E-state index contributed by atoms with van der Waals surface area (Å²) >= 11 is 0. The third-order valence-electron chi connectivity index (χ3n) is 2.53. The van der Waals surface area contributed by atoms with Crippen molar-refractivity contribution in [3.05, 3.63) is 47.7 Å².